The van der Waals surface area contributed by atoms with Crippen LogP contribution in [-0.4, -0.2) is 56.7 Å². The molecule has 148 valence electrons. The van der Waals surface area contributed by atoms with E-state index in [2.05, 4.69) is 20.3 Å². The summed E-state index contributed by atoms with van der Waals surface area (Å²) in [4.78, 5) is 16.1. The molecule has 1 amide bonds. The number of nitrogens with zero attached hydrogens (tertiary/aromatic N) is 1. The standard InChI is InChI=1S/C18H21F2N3O2S.ClH/c19-18(20)25-14-3-1-13(2-4-14)15-5-6-16(26-15)17(24)22-9-12-23-10-7-21-8-11-23;/h1-6,18,21H,7-12H2,(H,22,24);1H. The first kappa shape index (κ1) is 21.6. The molecule has 0 unspecified atom stereocenters. The largest absolute Gasteiger partial charge is 0.435 e. The summed E-state index contributed by atoms with van der Waals surface area (Å²) in [7, 11) is 0. The molecule has 27 heavy (non-hydrogen) atoms. The minimum Gasteiger partial charge on any atom is -0.435 e. The molecule has 5 nitrogen and oxygen atoms in total. The summed E-state index contributed by atoms with van der Waals surface area (Å²) in [6.45, 7) is 2.61. The Hall–Kier alpha value is -1.74. The second-order valence-corrected chi connectivity index (χ2v) is 7.00. The molecule has 2 N–H and O–H groups in total. The quantitative estimate of drug-likeness (QED) is 0.727. The van der Waals surface area contributed by atoms with Crippen LogP contribution in [-0.2, 0) is 0 Å². The third-order valence-electron chi connectivity index (χ3n) is 4.12. The molecule has 1 aromatic heterocycles. The number of ether oxygens (including phenoxy) is 1. The van der Waals surface area contributed by atoms with Gasteiger partial charge in [0.25, 0.3) is 5.91 Å². The van der Waals surface area contributed by atoms with Crippen LogP contribution in [0.25, 0.3) is 10.4 Å². The first-order valence-electron chi connectivity index (χ1n) is 8.48. The molecular weight excluding hydrogens is 396 g/mol. The number of thiophene rings is 1. The van der Waals surface area contributed by atoms with Crippen molar-refractivity contribution in [3.63, 3.8) is 0 Å². The van der Waals surface area contributed by atoms with Crippen LogP contribution in [0.3, 0.4) is 0 Å². The predicted octanol–water partition coefficient (Wildman–Crippen LogP) is 3.07. The molecule has 1 saturated heterocycles. The summed E-state index contributed by atoms with van der Waals surface area (Å²) >= 11 is 1.38. The van der Waals surface area contributed by atoms with Crippen LogP contribution in [0, 0.1) is 0 Å². The van der Waals surface area contributed by atoms with Crippen LogP contribution in [0.4, 0.5) is 8.78 Å². The van der Waals surface area contributed by atoms with E-state index in [-0.39, 0.29) is 24.1 Å². The smallest absolute Gasteiger partial charge is 0.387 e. The van der Waals surface area contributed by atoms with E-state index in [4.69, 9.17) is 0 Å². The van der Waals surface area contributed by atoms with Gasteiger partial charge >= 0.3 is 6.61 Å². The Kier molecular flexibility index (Phi) is 8.43. The van der Waals surface area contributed by atoms with Gasteiger partial charge in [-0.3, -0.25) is 9.69 Å². The van der Waals surface area contributed by atoms with Crippen molar-refractivity contribution < 1.29 is 18.3 Å². The average Bonchev–Trinajstić information content (AvgIpc) is 3.13. The van der Waals surface area contributed by atoms with Gasteiger partial charge in [-0.1, -0.05) is 0 Å². The highest BCUT2D eigenvalue weighted by Crippen LogP contribution is 2.29. The van der Waals surface area contributed by atoms with Crippen molar-refractivity contribution in [2.75, 3.05) is 39.3 Å². The summed E-state index contributed by atoms with van der Waals surface area (Å²) in [5.74, 6) is 0.0280. The topological polar surface area (TPSA) is 53.6 Å². The molecule has 0 saturated carbocycles. The molecule has 0 bridgehead atoms. The van der Waals surface area contributed by atoms with E-state index in [1.165, 1.54) is 23.5 Å². The molecule has 1 aliphatic heterocycles. The number of nitrogens with one attached hydrogen (secondary N) is 2. The number of carbonyl (C=O) groups excluding carboxylic acids is 1. The molecule has 1 fully saturated rings. The summed E-state index contributed by atoms with van der Waals surface area (Å²) in [6.07, 6.45) is 0. The van der Waals surface area contributed by atoms with Gasteiger partial charge in [0.15, 0.2) is 0 Å². The zero-order chi connectivity index (χ0) is 18.4. The first-order chi connectivity index (χ1) is 12.6. The molecule has 1 aliphatic rings. The fourth-order valence-electron chi connectivity index (χ4n) is 2.77. The van der Waals surface area contributed by atoms with Gasteiger partial charge in [0.05, 0.1) is 4.88 Å². The summed E-state index contributed by atoms with van der Waals surface area (Å²) < 4.78 is 28.7. The number of piperazine rings is 1. The zero-order valence-electron chi connectivity index (χ0n) is 14.6. The number of benzene rings is 1. The first-order valence-corrected chi connectivity index (χ1v) is 9.30. The van der Waals surface area contributed by atoms with Crippen molar-refractivity contribution in [3.8, 4) is 16.2 Å². The maximum absolute atomic E-state index is 12.3. The third-order valence-corrected chi connectivity index (χ3v) is 5.25. The maximum atomic E-state index is 12.3. The highest BCUT2D eigenvalue weighted by atomic mass is 35.5. The van der Waals surface area contributed by atoms with Gasteiger partial charge < -0.3 is 15.4 Å². The predicted molar refractivity (Wildman–Crippen MR) is 105 cm³/mol. The number of hydrogen-bond acceptors (Lipinski definition) is 5. The van der Waals surface area contributed by atoms with Gasteiger partial charge in [0, 0.05) is 44.1 Å². The Morgan fingerprint density at radius 3 is 2.56 bits per heavy atom. The molecule has 0 spiro atoms. The van der Waals surface area contributed by atoms with E-state index in [0.29, 0.717) is 11.4 Å². The number of carbonyl (C=O) groups is 1. The number of hydrogen-bond donors (Lipinski definition) is 2. The SMILES string of the molecule is Cl.O=C(NCCN1CCNCC1)c1ccc(-c2ccc(OC(F)F)cc2)s1. The number of amides is 1. The molecule has 0 radical (unpaired) electrons. The molecule has 0 aliphatic carbocycles. The highest BCUT2D eigenvalue weighted by molar-refractivity contribution is 7.17. The van der Waals surface area contributed by atoms with E-state index in [1.807, 2.05) is 6.07 Å². The van der Waals surface area contributed by atoms with Crippen molar-refractivity contribution >= 4 is 29.7 Å². The number of alkyl halides is 2. The monoisotopic (exact) mass is 417 g/mol. The molecular formula is C18H22ClF2N3O2S. The van der Waals surface area contributed by atoms with Gasteiger partial charge in [0.1, 0.15) is 5.75 Å². The lowest BCUT2D eigenvalue weighted by Crippen LogP contribution is -2.46. The van der Waals surface area contributed by atoms with Gasteiger partial charge in [-0.25, -0.2) is 0 Å². The maximum Gasteiger partial charge on any atom is 0.387 e. The fourth-order valence-corrected chi connectivity index (χ4v) is 3.69. The van der Waals surface area contributed by atoms with Gasteiger partial charge in [-0.15, -0.1) is 23.7 Å². The number of rotatable bonds is 7. The lowest BCUT2D eigenvalue weighted by Gasteiger charge is -2.26. The van der Waals surface area contributed by atoms with Crippen LogP contribution in [0.1, 0.15) is 9.67 Å². The summed E-state index contributed by atoms with van der Waals surface area (Å²) in [6, 6.07) is 10.0. The average molecular weight is 418 g/mol. The van der Waals surface area contributed by atoms with E-state index < -0.39 is 6.61 Å². The Bertz CT molecular complexity index is 722. The Morgan fingerprint density at radius 2 is 1.89 bits per heavy atom. The van der Waals surface area contributed by atoms with Crippen molar-refractivity contribution in [1.29, 1.82) is 0 Å². The second-order valence-electron chi connectivity index (χ2n) is 5.91. The van der Waals surface area contributed by atoms with E-state index >= 15 is 0 Å². The second kappa shape index (κ2) is 10.6. The van der Waals surface area contributed by atoms with Crippen molar-refractivity contribution in [2.45, 2.75) is 6.61 Å². The molecule has 1 aromatic carbocycles. The van der Waals surface area contributed by atoms with E-state index in [1.54, 1.807) is 18.2 Å². The third kappa shape index (κ3) is 6.42. The van der Waals surface area contributed by atoms with Gasteiger partial charge in [-0.05, 0) is 42.0 Å². The van der Waals surface area contributed by atoms with E-state index in [9.17, 15) is 13.6 Å². The lowest BCUT2D eigenvalue weighted by molar-refractivity contribution is -0.0498. The van der Waals surface area contributed by atoms with E-state index in [0.717, 1.165) is 43.2 Å². The van der Waals surface area contributed by atoms with Crippen molar-refractivity contribution in [3.05, 3.63) is 41.3 Å². The minimum atomic E-state index is -2.83. The van der Waals surface area contributed by atoms with Crippen molar-refractivity contribution in [2.24, 2.45) is 0 Å². The van der Waals surface area contributed by atoms with Crippen LogP contribution >= 0.6 is 23.7 Å². The van der Waals surface area contributed by atoms with Crippen LogP contribution in [0.15, 0.2) is 36.4 Å². The van der Waals surface area contributed by atoms with Gasteiger partial charge in [-0.2, -0.15) is 8.78 Å². The Balaban J connectivity index is 0.00000261. The highest BCUT2D eigenvalue weighted by Gasteiger charge is 2.13. The number of halogens is 3. The van der Waals surface area contributed by atoms with Crippen LogP contribution in [0.2, 0.25) is 0 Å². The van der Waals surface area contributed by atoms with Gasteiger partial charge in [0.2, 0.25) is 0 Å². The van der Waals surface area contributed by atoms with Crippen LogP contribution in [0.5, 0.6) is 5.75 Å². The van der Waals surface area contributed by atoms with Crippen LogP contribution < -0.4 is 15.4 Å². The normalized spacial score (nSPS) is 14.6. The molecule has 2 heterocycles. The Morgan fingerprint density at radius 1 is 1.19 bits per heavy atom. The summed E-state index contributed by atoms with van der Waals surface area (Å²) in [5.41, 5.74) is 0.858. The molecule has 3 rings (SSSR count). The lowest BCUT2D eigenvalue weighted by atomic mass is 10.2. The molecule has 0 atom stereocenters. The van der Waals surface area contributed by atoms with Crippen molar-refractivity contribution in [1.82, 2.24) is 15.5 Å². The Labute approximate surface area is 167 Å². The molecule has 2 aromatic rings. The fraction of sp³-hybridized carbons (Fsp3) is 0.389. The summed E-state index contributed by atoms with van der Waals surface area (Å²) in [5, 5.41) is 6.25. The molecule has 9 heteroatoms. The zero-order valence-corrected chi connectivity index (χ0v) is 16.3. The minimum absolute atomic E-state index is 0.